The van der Waals surface area contributed by atoms with E-state index in [0.29, 0.717) is 15.9 Å². The van der Waals surface area contributed by atoms with Gasteiger partial charge in [0.2, 0.25) is 0 Å². The van der Waals surface area contributed by atoms with Gasteiger partial charge in [0.05, 0.1) is 22.2 Å². The Kier molecular flexibility index (Phi) is 4.20. The smallest absolute Gasteiger partial charge is 0.261 e. The molecule has 0 saturated heterocycles. The average molecular weight is 358 g/mol. The minimum atomic E-state index is -3.68. The van der Waals surface area contributed by atoms with Crippen LogP contribution in [0.5, 0.6) is 11.5 Å². The summed E-state index contributed by atoms with van der Waals surface area (Å²) < 4.78 is 32.2. The molecule has 2 rings (SSSR count). The normalized spacial score (nSPS) is 11.1. The van der Waals surface area contributed by atoms with E-state index >= 15 is 0 Å². The SMILES string of the molecule is COc1ccc(S(=O)(=O)Nc2ccc(O)c(Br)c2)cc1. The van der Waals surface area contributed by atoms with Gasteiger partial charge in [-0.1, -0.05) is 0 Å². The fourth-order valence-electron chi connectivity index (χ4n) is 1.54. The first-order chi connectivity index (χ1) is 9.42. The average Bonchev–Trinajstić information content (AvgIpc) is 2.43. The summed E-state index contributed by atoms with van der Waals surface area (Å²) in [4.78, 5) is 0.127. The molecular formula is C13H12BrNO4S. The Morgan fingerprint density at radius 2 is 1.80 bits per heavy atom. The molecule has 5 nitrogen and oxygen atoms in total. The van der Waals surface area contributed by atoms with E-state index in [2.05, 4.69) is 20.7 Å². The Morgan fingerprint density at radius 3 is 2.35 bits per heavy atom. The molecule has 0 bridgehead atoms. The zero-order chi connectivity index (χ0) is 14.8. The fourth-order valence-corrected chi connectivity index (χ4v) is 2.97. The summed E-state index contributed by atoms with van der Waals surface area (Å²) in [6, 6.07) is 10.4. The van der Waals surface area contributed by atoms with Crippen LogP contribution in [0.1, 0.15) is 0 Å². The van der Waals surface area contributed by atoms with Crippen LogP contribution in [-0.2, 0) is 10.0 Å². The molecule has 7 heteroatoms. The number of nitrogens with one attached hydrogen (secondary N) is 1. The predicted molar refractivity (Wildman–Crippen MR) is 79.6 cm³/mol. The van der Waals surface area contributed by atoms with Gasteiger partial charge in [-0.2, -0.15) is 0 Å². The minimum Gasteiger partial charge on any atom is -0.507 e. The number of hydrogen-bond acceptors (Lipinski definition) is 4. The Balaban J connectivity index is 2.27. The van der Waals surface area contributed by atoms with Crippen molar-refractivity contribution in [3.63, 3.8) is 0 Å². The number of benzene rings is 2. The molecule has 0 heterocycles. The second-order valence-corrected chi connectivity index (χ2v) is 6.48. The molecule has 0 fully saturated rings. The molecule has 2 N–H and O–H groups in total. The lowest BCUT2D eigenvalue weighted by molar-refractivity contribution is 0.414. The second kappa shape index (κ2) is 5.72. The maximum Gasteiger partial charge on any atom is 0.261 e. The minimum absolute atomic E-state index is 0.0393. The van der Waals surface area contributed by atoms with E-state index in [9.17, 15) is 13.5 Å². The highest BCUT2D eigenvalue weighted by atomic mass is 79.9. The zero-order valence-corrected chi connectivity index (χ0v) is 12.9. The Labute approximate surface area is 125 Å². The Bertz CT molecular complexity index is 714. The van der Waals surface area contributed by atoms with Crippen LogP contribution in [0.2, 0.25) is 0 Å². The van der Waals surface area contributed by atoms with Crippen molar-refractivity contribution in [1.82, 2.24) is 0 Å². The van der Waals surface area contributed by atoms with E-state index in [1.54, 1.807) is 12.1 Å². The van der Waals surface area contributed by atoms with Gasteiger partial charge in [0.15, 0.2) is 0 Å². The number of ether oxygens (including phenoxy) is 1. The molecule has 0 aliphatic carbocycles. The summed E-state index contributed by atoms with van der Waals surface area (Å²) in [6.07, 6.45) is 0. The van der Waals surface area contributed by atoms with Crippen molar-refractivity contribution in [1.29, 1.82) is 0 Å². The third kappa shape index (κ3) is 3.23. The van der Waals surface area contributed by atoms with Gasteiger partial charge in [0.1, 0.15) is 11.5 Å². The van der Waals surface area contributed by atoms with Gasteiger partial charge >= 0.3 is 0 Å². The lowest BCUT2D eigenvalue weighted by Gasteiger charge is -2.09. The van der Waals surface area contributed by atoms with Gasteiger partial charge in [-0.05, 0) is 58.4 Å². The molecule has 0 atom stereocenters. The zero-order valence-electron chi connectivity index (χ0n) is 10.5. The number of sulfonamides is 1. The number of anilines is 1. The molecule has 0 unspecified atom stereocenters. The van der Waals surface area contributed by atoms with Gasteiger partial charge in [0, 0.05) is 0 Å². The molecule has 0 aliphatic rings. The van der Waals surface area contributed by atoms with Crippen molar-refractivity contribution in [2.75, 3.05) is 11.8 Å². The Hall–Kier alpha value is -1.73. The number of hydrogen-bond donors (Lipinski definition) is 2. The molecule has 106 valence electrons. The first-order valence-electron chi connectivity index (χ1n) is 5.58. The maximum atomic E-state index is 12.2. The molecule has 0 spiro atoms. The number of halogens is 1. The largest absolute Gasteiger partial charge is 0.507 e. The standard InChI is InChI=1S/C13H12BrNO4S/c1-19-10-3-5-11(6-4-10)20(17,18)15-9-2-7-13(16)12(14)8-9/h2-8,15-16H,1H3. The van der Waals surface area contributed by atoms with Crippen LogP contribution in [0.3, 0.4) is 0 Å². The third-order valence-corrected chi connectivity index (χ3v) is 4.60. The molecule has 0 radical (unpaired) electrons. The quantitative estimate of drug-likeness (QED) is 0.824. The fraction of sp³-hybridized carbons (Fsp3) is 0.0769. The van der Waals surface area contributed by atoms with Crippen LogP contribution >= 0.6 is 15.9 Å². The highest BCUT2D eigenvalue weighted by Crippen LogP contribution is 2.28. The predicted octanol–water partition coefficient (Wildman–Crippen LogP) is 2.96. The van der Waals surface area contributed by atoms with E-state index < -0.39 is 10.0 Å². The number of methoxy groups -OCH3 is 1. The summed E-state index contributed by atoms with van der Waals surface area (Å²) in [5.41, 5.74) is 0.352. The van der Waals surface area contributed by atoms with E-state index in [1.807, 2.05) is 0 Å². The van der Waals surface area contributed by atoms with Crippen LogP contribution in [0.4, 0.5) is 5.69 Å². The number of phenolic OH excluding ortho intramolecular Hbond substituents is 1. The molecule has 20 heavy (non-hydrogen) atoms. The number of rotatable bonds is 4. The van der Waals surface area contributed by atoms with Crippen LogP contribution in [-0.4, -0.2) is 20.6 Å². The van der Waals surface area contributed by atoms with Gasteiger partial charge < -0.3 is 9.84 Å². The van der Waals surface area contributed by atoms with E-state index in [-0.39, 0.29) is 10.6 Å². The lowest BCUT2D eigenvalue weighted by atomic mass is 10.3. The molecule has 0 aromatic heterocycles. The molecule has 0 aliphatic heterocycles. The van der Waals surface area contributed by atoms with Gasteiger partial charge in [-0.3, -0.25) is 4.72 Å². The van der Waals surface area contributed by atoms with Crippen molar-refractivity contribution < 1.29 is 18.3 Å². The molecular weight excluding hydrogens is 346 g/mol. The van der Waals surface area contributed by atoms with Crippen molar-refractivity contribution in [3.05, 3.63) is 46.9 Å². The second-order valence-electron chi connectivity index (χ2n) is 3.95. The van der Waals surface area contributed by atoms with Crippen LogP contribution in [0.25, 0.3) is 0 Å². The summed E-state index contributed by atoms with van der Waals surface area (Å²) in [5.74, 6) is 0.619. The highest BCUT2D eigenvalue weighted by Gasteiger charge is 2.14. The summed E-state index contributed by atoms with van der Waals surface area (Å²) in [5, 5.41) is 9.38. The van der Waals surface area contributed by atoms with Crippen molar-refractivity contribution >= 4 is 31.6 Å². The van der Waals surface area contributed by atoms with E-state index in [1.165, 1.54) is 37.4 Å². The number of phenols is 1. The van der Waals surface area contributed by atoms with E-state index in [0.717, 1.165) is 0 Å². The molecule has 0 amide bonds. The van der Waals surface area contributed by atoms with Gasteiger partial charge in [-0.15, -0.1) is 0 Å². The molecule has 2 aromatic rings. The molecule has 0 saturated carbocycles. The van der Waals surface area contributed by atoms with Crippen molar-refractivity contribution in [2.45, 2.75) is 4.90 Å². The third-order valence-electron chi connectivity index (χ3n) is 2.57. The topological polar surface area (TPSA) is 75.6 Å². The van der Waals surface area contributed by atoms with Crippen LogP contribution in [0, 0.1) is 0 Å². The summed E-state index contributed by atoms with van der Waals surface area (Å²) >= 11 is 3.13. The summed E-state index contributed by atoms with van der Waals surface area (Å²) in [6.45, 7) is 0. The van der Waals surface area contributed by atoms with E-state index in [4.69, 9.17) is 4.74 Å². The summed E-state index contributed by atoms with van der Waals surface area (Å²) in [7, 11) is -2.17. The number of aromatic hydroxyl groups is 1. The van der Waals surface area contributed by atoms with Gasteiger partial charge in [-0.25, -0.2) is 8.42 Å². The lowest BCUT2D eigenvalue weighted by Crippen LogP contribution is -2.12. The van der Waals surface area contributed by atoms with Crippen molar-refractivity contribution in [2.24, 2.45) is 0 Å². The Morgan fingerprint density at radius 1 is 1.15 bits per heavy atom. The maximum absolute atomic E-state index is 12.2. The first kappa shape index (κ1) is 14.7. The van der Waals surface area contributed by atoms with Crippen molar-refractivity contribution in [3.8, 4) is 11.5 Å². The monoisotopic (exact) mass is 357 g/mol. The van der Waals surface area contributed by atoms with Gasteiger partial charge in [0.25, 0.3) is 10.0 Å². The highest BCUT2D eigenvalue weighted by molar-refractivity contribution is 9.10. The van der Waals surface area contributed by atoms with Crippen LogP contribution < -0.4 is 9.46 Å². The molecule has 2 aromatic carbocycles. The first-order valence-corrected chi connectivity index (χ1v) is 7.85. The van der Waals surface area contributed by atoms with Crippen LogP contribution in [0.15, 0.2) is 51.8 Å².